The fraction of sp³-hybridized carbons (Fsp3) is 0.538. The lowest BCUT2D eigenvalue weighted by atomic mass is 10.0. The number of aliphatic hydroxyl groups is 1. The minimum Gasteiger partial charge on any atom is -0.392 e. The molecule has 0 saturated heterocycles. The molecule has 0 aliphatic carbocycles. The van der Waals surface area contributed by atoms with Gasteiger partial charge in [0, 0.05) is 10.6 Å². The summed E-state index contributed by atoms with van der Waals surface area (Å²) in [6.07, 6.45) is 1.63. The first kappa shape index (κ1) is 16.4. The maximum atomic E-state index is 12.2. The van der Waals surface area contributed by atoms with Gasteiger partial charge in [0.05, 0.1) is 11.5 Å². The predicted molar refractivity (Wildman–Crippen MR) is 76.7 cm³/mol. The first-order valence-electron chi connectivity index (χ1n) is 6.15. The van der Waals surface area contributed by atoms with Crippen molar-refractivity contribution in [3.05, 3.63) is 28.8 Å². The first-order chi connectivity index (χ1) is 8.72. The number of rotatable bonds is 6. The molecule has 108 valence electrons. The molecule has 0 heterocycles. The Kier molecular flexibility index (Phi) is 5.38. The quantitative estimate of drug-likeness (QED) is 0.849. The van der Waals surface area contributed by atoms with Crippen molar-refractivity contribution in [1.82, 2.24) is 4.72 Å². The number of halogens is 1. The van der Waals surface area contributed by atoms with Crippen LogP contribution in [0.1, 0.15) is 39.2 Å². The zero-order chi connectivity index (χ0) is 14.7. The topological polar surface area (TPSA) is 66.4 Å². The third kappa shape index (κ3) is 4.45. The smallest absolute Gasteiger partial charge is 0.241 e. The summed E-state index contributed by atoms with van der Waals surface area (Å²) in [6, 6.07) is 4.32. The Morgan fingerprint density at radius 1 is 1.37 bits per heavy atom. The summed E-state index contributed by atoms with van der Waals surface area (Å²) in [6.45, 7) is 5.48. The van der Waals surface area contributed by atoms with E-state index in [0.29, 0.717) is 5.56 Å². The lowest BCUT2D eigenvalue weighted by Crippen LogP contribution is -2.43. The van der Waals surface area contributed by atoms with Gasteiger partial charge in [0.25, 0.3) is 0 Å². The Labute approximate surface area is 119 Å². The molecule has 0 spiro atoms. The third-order valence-electron chi connectivity index (χ3n) is 2.79. The Morgan fingerprint density at radius 2 is 2.00 bits per heavy atom. The highest BCUT2D eigenvalue weighted by Crippen LogP contribution is 2.22. The second-order valence-corrected chi connectivity index (χ2v) is 7.24. The van der Waals surface area contributed by atoms with Crippen LogP contribution in [0.3, 0.4) is 0 Å². The predicted octanol–water partition coefficient (Wildman–Crippen LogP) is 2.69. The van der Waals surface area contributed by atoms with Gasteiger partial charge in [-0.15, -0.1) is 0 Å². The highest BCUT2D eigenvalue weighted by Gasteiger charge is 2.25. The molecule has 0 aromatic heterocycles. The van der Waals surface area contributed by atoms with Gasteiger partial charge >= 0.3 is 0 Å². The van der Waals surface area contributed by atoms with Crippen LogP contribution in [0.2, 0.25) is 5.02 Å². The number of hydrogen-bond donors (Lipinski definition) is 2. The standard InChI is InChI=1S/C13H20ClNO3S/c1-4-7-13(2,3)15-19(17,18)11-6-5-10(9-16)12(14)8-11/h5-6,8,15-16H,4,7,9H2,1-3H3. The molecular weight excluding hydrogens is 286 g/mol. The van der Waals surface area contributed by atoms with E-state index in [-0.39, 0.29) is 16.5 Å². The summed E-state index contributed by atoms with van der Waals surface area (Å²) >= 11 is 5.92. The van der Waals surface area contributed by atoms with E-state index < -0.39 is 15.6 Å². The number of hydrogen-bond acceptors (Lipinski definition) is 3. The second-order valence-electron chi connectivity index (χ2n) is 5.15. The first-order valence-corrected chi connectivity index (χ1v) is 8.01. The van der Waals surface area contributed by atoms with Gasteiger partial charge in [-0.2, -0.15) is 0 Å². The van der Waals surface area contributed by atoms with Gasteiger partial charge < -0.3 is 5.11 Å². The molecule has 1 rings (SSSR count). The Bertz CT molecular complexity index is 541. The molecule has 0 fully saturated rings. The molecular formula is C13H20ClNO3S. The summed E-state index contributed by atoms with van der Waals surface area (Å²) < 4.78 is 27.2. The van der Waals surface area contributed by atoms with Crippen LogP contribution in [0.15, 0.2) is 23.1 Å². The zero-order valence-corrected chi connectivity index (χ0v) is 13.0. The lowest BCUT2D eigenvalue weighted by molar-refractivity contribution is 0.282. The van der Waals surface area contributed by atoms with Crippen LogP contribution < -0.4 is 4.72 Å². The van der Waals surface area contributed by atoms with E-state index in [1.165, 1.54) is 18.2 Å². The molecule has 6 heteroatoms. The molecule has 0 amide bonds. The largest absolute Gasteiger partial charge is 0.392 e. The molecule has 0 aliphatic heterocycles. The van der Waals surface area contributed by atoms with Gasteiger partial charge in [0.2, 0.25) is 10.0 Å². The molecule has 0 unspecified atom stereocenters. The average Bonchev–Trinajstić information content (AvgIpc) is 2.27. The highest BCUT2D eigenvalue weighted by molar-refractivity contribution is 7.89. The third-order valence-corrected chi connectivity index (χ3v) is 4.84. The van der Waals surface area contributed by atoms with E-state index in [0.717, 1.165) is 12.8 Å². The van der Waals surface area contributed by atoms with Gasteiger partial charge in [-0.25, -0.2) is 13.1 Å². The summed E-state index contributed by atoms with van der Waals surface area (Å²) in [7, 11) is -3.60. The number of benzene rings is 1. The minimum atomic E-state index is -3.60. The van der Waals surface area contributed by atoms with Gasteiger partial charge in [-0.05, 0) is 38.0 Å². The average molecular weight is 306 g/mol. The highest BCUT2D eigenvalue weighted by atomic mass is 35.5. The maximum absolute atomic E-state index is 12.2. The van der Waals surface area contributed by atoms with Crippen molar-refractivity contribution in [2.75, 3.05) is 0 Å². The summed E-state index contributed by atoms with van der Waals surface area (Å²) in [5.74, 6) is 0. The SMILES string of the molecule is CCCC(C)(C)NS(=O)(=O)c1ccc(CO)c(Cl)c1. The lowest BCUT2D eigenvalue weighted by Gasteiger charge is -2.25. The normalized spacial score (nSPS) is 12.7. The van der Waals surface area contributed by atoms with Crippen LogP contribution in [-0.2, 0) is 16.6 Å². The maximum Gasteiger partial charge on any atom is 0.241 e. The minimum absolute atomic E-state index is 0.110. The Morgan fingerprint density at radius 3 is 2.47 bits per heavy atom. The van der Waals surface area contributed by atoms with E-state index in [1.54, 1.807) is 0 Å². The number of sulfonamides is 1. The van der Waals surface area contributed by atoms with Gasteiger partial charge in [0.1, 0.15) is 0 Å². The van der Waals surface area contributed by atoms with Gasteiger partial charge in [0.15, 0.2) is 0 Å². The number of nitrogens with one attached hydrogen (secondary N) is 1. The van der Waals surface area contributed by atoms with E-state index in [1.807, 2.05) is 20.8 Å². The van der Waals surface area contributed by atoms with Crippen molar-refractivity contribution in [3.63, 3.8) is 0 Å². The fourth-order valence-electron chi connectivity index (χ4n) is 1.92. The van der Waals surface area contributed by atoms with Crippen molar-refractivity contribution in [3.8, 4) is 0 Å². The van der Waals surface area contributed by atoms with E-state index >= 15 is 0 Å². The van der Waals surface area contributed by atoms with Crippen molar-refractivity contribution >= 4 is 21.6 Å². The summed E-state index contributed by atoms with van der Waals surface area (Å²) in [5, 5.41) is 9.27. The fourth-order valence-corrected chi connectivity index (χ4v) is 3.69. The van der Waals surface area contributed by atoms with Crippen LogP contribution in [0.4, 0.5) is 0 Å². The van der Waals surface area contributed by atoms with Gasteiger partial charge in [-0.1, -0.05) is 31.0 Å². The summed E-state index contributed by atoms with van der Waals surface area (Å²) in [4.78, 5) is 0.110. The number of aliphatic hydroxyl groups excluding tert-OH is 1. The molecule has 0 saturated carbocycles. The Hall–Kier alpha value is -0.620. The molecule has 4 nitrogen and oxygen atoms in total. The molecule has 0 aliphatic rings. The van der Waals surface area contributed by atoms with Crippen LogP contribution >= 0.6 is 11.6 Å². The van der Waals surface area contributed by atoms with Crippen LogP contribution in [0, 0.1) is 0 Å². The molecule has 1 aromatic rings. The van der Waals surface area contributed by atoms with Crippen molar-refractivity contribution in [2.45, 2.75) is 50.7 Å². The van der Waals surface area contributed by atoms with Crippen LogP contribution in [-0.4, -0.2) is 19.1 Å². The molecule has 19 heavy (non-hydrogen) atoms. The molecule has 2 N–H and O–H groups in total. The monoisotopic (exact) mass is 305 g/mol. The summed E-state index contributed by atoms with van der Waals surface area (Å²) in [5.41, 5.74) is 0.00355. The Balaban J connectivity index is 3.04. The van der Waals surface area contributed by atoms with Crippen LogP contribution in [0.25, 0.3) is 0 Å². The second kappa shape index (κ2) is 6.22. The van der Waals surface area contributed by atoms with E-state index in [9.17, 15) is 8.42 Å². The molecule has 1 aromatic carbocycles. The van der Waals surface area contributed by atoms with E-state index in [4.69, 9.17) is 16.7 Å². The van der Waals surface area contributed by atoms with Gasteiger partial charge in [-0.3, -0.25) is 0 Å². The van der Waals surface area contributed by atoms with E-state index in [2.05, 4.69) is 4.72 Å². The molecule has 0 atom stereocenters. The van der Waals surface area contributed by atoms with Crippen molar-refractivity contribution in [1.29, 1.82) is 0 Å². The van der Waals surface area contributed by atoms with Crippen LogP contribution in [0.5, 0.6) is 0 Å². The van der Waals surface area contributed by atoms with Crippen molar-refractivity contribution < 1.29 is 13.5 Å². The van der Waals surface area contributed by atoms with Crippen molar-refractivity contribution in [2.24, 2.45) is 0 Å². The molecule has 0 radical (unpaired) electrons. The zero-order valence-electron chi connectivity index (χ0n) is 11.4. The molecule has 0 bridgehead atoms.